The first kappa shape index (κ1) is 17.3. The van der Waals surface area contributed by atoms with E-state index in [1.807, 2.05) is 30.1 Å². The number of aryl methyl sites for hydroxylation is 3. The molecule has 3 heterocycles. The fourth-order valence-electron chi connectivity index (χ4n) is 3.90. The largest absolute Gasteiger partial charge is 0.342 e. The van der Waals surface area contributed by atoms with E-state index < -0.39 is 0 Å². The van der Waals surface area contributed by atoms with Crippen LogP contribution in [0.15, 0.2) is 5.03 Å². The number of thioether (sulfide) groups is 1. The predicted octanol–water partition coefficient (Wildman–Crippen LogP) is 4.37. The van der Waals surface area contributed by atoms with Gasteiger partial charge in [-0.15, -0.1) is 11.3 Å². The van der Waals surface area contributed by atoms with Crippen molar-refractivity contribution in [3.8, 4) is 0 Å². The molecule has 0 unspecified atom stereocenters. The van der Waals surface area contributed by atoms with Gasteiger partial charge >= 0.3 is 0 Å². The lowest BCUT2D eigenvalue weighted by molar-refractivity contribution is -0.131. The van der Waals surface area contributed by atoms with Crippen LogP contribution in [0.3, 0.4) is 0 Å². The molecule has 2 aliphatic rings. The Balaban J connectivity index is 1.64. The van der Waals surface area contributed by atoms with Crippen molar-refractivity contribution in [2.24, 2.45) is 0 Å². The summed E-state index contributed by atoms with van der Waals surface area (Å²) in [5.41, 5.74) is 1.45. The minimum absolute atomic E-state index is 0.0882. The monoisotopic (exact) mass is 375 g/mol. The molecule has 4 nitrogen and oxygen atoms in total. The van der Waals surface area contributed by atoms with Crippen LogP contribution in [0.4, 0.5) is 0 Å². The van der Waals surface area contributed by atoms with E-state index in [2.05, 4.69) is 4.98 Å². The van der Waals surface area contributed by atoms with Crippen molar-refractivity contribution in [2.45, 2.75) is 69.1 Å². The number of carbonyl (C=O) groups is 1. The molecule has 25 heavy (non-hydrogen) atoms. The molecule has 0 spiro atoms. The maximum absolute atomic E-state index is 12.8. The maximum atomic E-state index is 12.8. The SMILES string of the molecule is Cc1nc(S[C@@H](C)C(=O)N2CCCCC2)c2c3c(sc2n1)CCCC3. The van der Waals surface area contributed by atoms with Gasteiger partial charge in [0, 0.05) is 23.4 Å². The van der Waals surface area contributed by atoms with E-state index in [1.54, 1.807) is 11.8 Å². The van der Waals surface area contributed by atoms with Crippen LogP contribution in [0.5, 0.6) is 0 Å². The Kier molecular flexibility index (Phi) is 5.00. The van der Waals surface area contributed by atoms with Crippen molar-refractivity contribution in [3.05, 3.63) is 16.3 Å². The second-order valence-electron chi connectivity index (χ2n) is 7.11. The van der Waals surface area contributed by atoms with Gasteiger partial charge in [0.05, 0.1) is 5.25 Å². The van der Waals surface area contributed by atoms with E-state index in [9.17, 15) is 4.79 Å². The van der Waals surface area contributed by atoms with Crippen LogP contribution >= 0.6 is 23.1 Å². The number of piperidine rings is 1. The summed E-state index contributed by atoms with van der Waals surface area (Å²) < 4.78 is 0. The Labute approximate surface area is 157 Å². The highest BCUT2D eigenvalue weighted by Crippen LogP contribution is 2.40. The highest BCUT2D eigenvalue weighted by Gasteiger charge is 2.26. The number of carbonyl (C=O) groups excluding carboxylic acids is 1. The molecule has 0 saturated carbocycles. The van der Waals surface area contributed by atoms with Crippen molar-refractivity contribution in [1.29, 1.82) is 0 Å². The average molecular weight is 376 g/mol. The van der Waals surface area contributed by atoms with Crippen molar-refractivity contribution >= 4 is 39.2 Å². The van der Waals surface area contributed by atoms with E-state index in [-0.39, 0.29) is 11.2 Å². The molecule has 134 valence electrons. The fraction of sp³-hybridized carbons (Fsp3) is 0.632. The van der Waals surface area contributed by atoms with Crippen molar-refractivity contribution < 1.29 is 4.79 Å². The first-order valence-corrected chi connectivity index (χ1v) is 11.1. The van der Waals surface area contributed by atoms with Crippen molar-refractivity contribution in [1.82, 2.24) is 14.9 Å². The molecule has 0 N–H and O–H groups in total. The van der Waals surface area contributed by atoms with Crippen LogP contribution in [-0.2, 0) is 17.6 Å². The molecule has 1 fully saturated rings. The van der Waals surface area contributed by atoms with Crippen LogP contribution in [0, 0.1) is 6.92 Å². The number of aromatic nitrogens is 2. The summed E-state index contributed by atoms with van der Waals surface area (Å²) in [4.78, 5) is 26.9. The molecule has 0 aromatic carbocycles. The zero-order valence-corrected chi connectivity index (χ0v) is 16.6. The zero-order chi connectivity index (χ0) is 17.4. The first-order chi connectivity index (χ1) is 12.1. The molecule has 1 atom stereocenters. The van der Waals surface area contributed by atoms with Gasteiger partial charge in [0.25, 0.3) is 0 Å². The van der Waals surface area contributed by atoms with Crippen LogP contribution < -0.4 is 0 Å². The van der Waals surface area contributed by atoms with Gasteiger partial charge in [-0.25, -0.2) is 9.97 Å². The first-order valence-electron chi connectivity index (χ1n) is 9.38. The number of hydrogen-bond donors (Lipinski definition) is 0. The highest BCUT2D eigenvalue weighted by atomic mass is 32.2. The number of likely N-dealkylation sites (tertiary alicyclic amines) is 1. The molecule has 4 rings (SSSR count). The lowest BCUT2D eigenvalue weighted by atomic mass is 9.97. The van der Waals surface area contributed by atoms with Crippen LogP contribution in [0.25, 0.3) is 10.2 Å². The summed E-state index contributed by atoms with van der Waals surface area (Å²) in [6.45, 7) is 5.81. The Hall–Kier alpha value is -1.14. The molecule has 2 aromatic heterocycles. The number of amides is 1. The van der Waals surface area contributed by atoms with Crippen LogP contribution in [-0.4, -0.2) is 39.1 Å². The van der Waals surface area contributed by atoms with Gasteiger partial charge in [0.1, 0.15) is 15.7 Å². The van der Waals surface area contributed by atoms with Gasteiger partial charge < -0.3 is 4.90 Å². The third kappa shape index (κ3) is 3.43. The van der Waals surface area contributed by atoms with Gasteiger partial charge in [-0.2, -0.15) is 0 Å². The molecular formula is C19H25N3OS2. The molecule has 1 saturated heterocycles. The zero-order valence-electron chi connectivity index (χ0n) is 15.0. The van der Waals surface area contributed by atoms with Crippen molar-refractivity contribution in [2.75, 3.05) is 13.1 Å². The topological polar surface area (TPSA) is 46.1 Å². The second kappa shape index (κ2) is 7.23. The van der Waals surface area contributed by atoms with Crippen molar-refractivity contribution in [3.63, 3.8) is 0 Å². The van der Waals surface area contributed by atoms with Gasteiger partial charge in [-0.3, -0.25) is 4.79 Å². The Morgan fingerprint density at radius 3 is 2.68 bits per heavy atom. The lowest BCUT2D eigenvalue weighted by Gasteiger charge is -2.29. The fourth-order valence-corrected chi connectivity index (χ4v) is 6.38. The predicted molar refractivity (Wildman–Crippen MR) is 105 cm³/mol. The number of rotatable bonds is 3. The standard InChI is InChI=1S/C19H25N3OS2/c1-12(19(23)22-10-6-3-7-11-22)24-17-16-14-8-4-5-9-15(14)25-18(16)21-13(2)20-17/h12H,3-11H2,1-2H3/t12-/m0/s1. The maximum Gasteiger partial charge on any atom is 0.235 e. The number of nitrogens with zero attached hydrogens (tertiary/aromatic N) is 3. The number of fused-ring (bicyclic) bond motifs is 3. The Bertz CT molecular complexity index is 796. The summed E-state index contributed by atoms with van der Waals surface area (Å²) in [6.07, 6.45) is 8.34. The Morgan fingerprint density at radius 1 is 1.12 bits per heavy atom. The molecule has 1 aliphatic carbocycles. The molecule has 2 aromatic rings. The van der Waals surface area contributed by atoms with Crippen LogP contribution in [0.2, 0.25) is 0 Å². The molecule has 0 bridgehead atoms. The van der Waals surface area contributed by atoms with E-state index >= 15 is 0 Å². The van der Waals surface area contributed by atoms with E-state index in [4.69, 9.17) is 4.98 Å². The van der Waals surface area contributed by atoms with Gasteiger partial charge in [0.15, 0.2) is 0 Å². The molecule has 1 aliphatic heterocycles. The summed E-state index contributed by atoms with van der Waals surface area (Å²) in [5, 5.41) is 2.16. The van der Waals surface area contributed by atoms with E-state index in [0.29, 0.717) is 0 Å². The third-order valence-corrected chi connectivity index (χ3v) is 7.46. The van der Waals surface area contributed by atoms with Crippen LogP contribution in [0.1, 0.15) is 55.3 Å². The number of thiophene rings is 1. The summed E-state index contributed by atoms with van der Waals surface area (Å²) in [7, 11) is 0. The minimum atomic E-state index is -0.0882. The quantitative estimate of drug-likeness (QED) is 0.590. The molecular weight excluding hydrogens is 350 g/mol. The molecule has 1 amide bonds. The summed E-state index contributed by atoms with van der Waals surface area (Å²) in [6, 6.07) is 0. The second-order valence-corrected chi connectivity index (χ2v) is 9.53. The number of hydrogen-bond acceptors (Lipinski definition) is 5. The van der Waals surface area contributed by atoms with Gasteiger partial charge in [-0.1, -0.05) is 11.8 Å². The Morgan fingerprint density at radius 2 is 1.88 bits per heavy atom. The van der Waals surface area contributed by atoms with E-state index in [0.717, 1.165) is 48.0 Å². The smallest absolute Gasteiger partial charge is 0.235 e. The third-order valence-electron chi connectivity index (χ3n) is 5.20. The minimum Gasteiger partial charge on any atom is -0.342 e. The normalized spacial score (nSPS) is 19.0. The summed E-state index contributed by atoms with van der Waals surface area (Å²) >= 11 is 3.46. The molecule has 6 heteroatoms. The average Bonchev–Trinajstić information content (AvgIpc) is 2.99. The highest BCUT2D eigenvalue weighted by molar-refractivity contribution is 8.00. The van der Waals surface area contributed by atoms with E-state index in [1.165, 1.54) is 41.5 Å². The van der Waals surface area contributed by atoms with Gasteiger partial charge in [0.2, 0.25) is 5.91 Å². The van der Waals surface area contributed by atoms with Gasteiger partial charge in [-0.05, 0) is 64.4 Å². The summed E-state index contributed by atoms with van der Waals surface area (Å²) in [5.74, 6) is 1.07. The lowest BCUT2D eigenvalue weighted by Crippen LogP contribution is -2.40. The molecule has 0 radical (unpaired) electrons.